The molecule has 2 aromatic carbocycles. The highest BCUT2D eigenvalue weighted by Gasteiger charge is 2.41. The van der Waals surface area contributed by atoms with Gasteiger partial charge < -0.3 is 10.2 Å². The van der Waals surface area contributed by atoms with Crippen LogP contribution in [0.4, 0.5) is 17.1 Å². The van der Waals surface area contributed by atoms with Crippen LogP contribution in [-0.2, 0) is 14.3 Å². The van der Waals surface area contributed by atoms with Crippen molar-refractivity contribution < 1.29 is 19.1 Å². The van der Waals surface area contributed by atoms with E-state index in [1.54, 1.807) is 36.2 Å². The number of ketones is 1. The minimum atomic E-state index is -0.916. The molecule has 8 nitrogen and oxygen atoms in total. The molecule has 132 valence electrons. The molecular formula is C18H16N4O4. The molecule has 0 saturated heterocycles. The molecule has 2 aromatic rings. The number of nitrogens with one attached hydrogen (secondary N) is 2. The Morgan fingerprint density at radius 2 is 1.77 bits per heavy atom. The van der Waals surface area contributed by atoms with Gasteiger partial charge in [0.15, 0.2) is 6.73 Å². The van der Waals surface area contributed by atoms with E-state index in [0.29, 0.717) is 11.3 Å². The van der Waals surface area contributed by atoms with E-state index in [2.05, 4.69) is 11.0 Å². The number of hydrogen-bond donors (Lipinski definition) is 2. The van der Waals surface area contributed by atoms with E-state index in [4.69, 9.17) is 4.74 Å². The summed E-state index contributed by atoms with van der Waals surface area (Å²) in [6.07, 6.45) is 0. The Morgan fingerprint density at radius 1 is 1.08 bits per heavy atom. The van der Waals surface area contributed by atoms with Gasteiger partial charge in [-0.15, -0.1) is 5.53 Å². The van der Waals surface area contributed by atoms with Crippen LogP contribution in [0.1, 0.15) is 17.3 Å². The van der Waals surface area contributed by atoms with E-state index < -0.39 is 23.7 Å². The number of benzene rings is 2. The largest absolute Gasteiger partial charge is 0.441 e. The lowest BCUT2D eigenvalue weighted by atomic mass is 10.1. The van der Waals surface area contributed by atoms with Crippen molar-refractivity contribution in [3.8, 4) is 0 Å². The summed E-state index contributed by atoms with van der Waals surface area (Å²) in [7, 11) is 0. The lowest BCUT2D eigenvalue weighted by Crippen LogP contribution is -2.45. The predicted octanol–water partition coefficient (Wildman–Crippen LogP) is 1.46. The van der Waals surface area contributed by atoms with Crippen LogP contribution in [0.15, 0.2) is 48.5 Å². The SMILES string of the molecule is C[C@H](C(=O)OCN1NNc2ccccc21)N1C(=O)C(=O)c2ccccc21. The summed E-state index contributed by atoms with van der Waals surface area (Å²) in [5.41, 5.74) is 8.28. The average Bonchev–Trinajstić information content (AvgIpc) is 3.19. The second kappa shape index (κ2) is 6.16. The second-order valence-corrected chi connectivity index (χ2v) is 5.97. The molecular weight excluding hydrogens is 336 g/mol. The first kappa shape index (κ1) is 16.1. The zero-order valence-corrected chi connectivity index (χ0v) is 13.9. The van der Waals surface area contributed by atoms with Crippen molar-refractivity contribution in [2.75, 3.05) is 22.1 Å². The number of anilines is 3. The van der Waals surface area contributed by atoms with Crippen molar-refractivity contribution in [2.24, 2.45) is 0 Å². The first-order valence-corrected chi connectivity index (χ1v) is 8.09. The van der Waals surface area contributed by atoms with Crippen LogP contribution in [0.3, 0.4) is 0 Å². The van der Waals surface area contributed by atoms with Crippen molar-refractivity contribution in [3.63, 3.8) is 0 Å². The molecule has 0 fully saturated rings. The highest BCUT2D eigenvalue weighted by atomic mass is 16.5. The summed E-state index contributed by atoms with van der Waals surface area (Å²) in [6, 6.07) is 13.2. The molecule has 0 aromatic heterocycles. The number of carbonyl (C=O) groups excluding carboxylic acids is 3. The number of hydrogen-bond acceptors (Lipinski definition) is 7. The number of carbonyl (C=O) groups is 3. The minimum absolute atomic E-state index is 0.0508. The van der Waals surface area contributed by atoms with Crippen LogP contribution in [-0.4, -0.2) is 30.4 Å². The number of rotatable bonds is 4. The summed E-state index contributed by atoms with van der Waals surface area (Å²) in [5.74, 6) is -1.93. The highest BCUT2D eigenvalue weighted by Crippen LogP contribution is 2.31. The maximum absolute atomic E-state index is 12.5. The van der Waals surface area contributed by atoms with Gasteiger partial charge in [-0.3, -0.25) is 19.5 Å². The van der Waals surface area contributed by atoms with Crippen LogP contribution in [0, 0.1) is 0 Å². The van der Waals surface area contributed by atoms with Gasteiger partial charge in [0, 0.05) is 0 Å². The third-order valence-electron chi connectivity index (χ3n) is 4.41. The molecule has 0 unspecified atom stereocenters. The highest BCUT2D eigenvalue weighted by molar-refractivity contribution is 6.52. The van der Waals surface area contributed by atoms with Crippen molar-refractivity contribution in [2.45, 2.75) is 13.0 Å². The maximum Gasteiger partial charge on any atom is 0.330 e. The molecule has 26 heavy (non-hydrogen) atoms. The van der Waals surface area contributed by atoms with Gasteiger partial charge in [0.1, 0.15) is 6.04 Å². The molecule has 0 bridgehead atoms. The Morgan fingerprint density at radius 3 is 2.58 bits per heavy atom. The number of para-hydroxylation sites is 3. The van der Waals surface area contributed by atoms with Gasteiger partial charge in [-0.2, -0.15) is 0 Å². The number of fused-ring (bicyclic) bond motifs is 2. The van der Waals surface area contributed by atoms with Gasteiger partial charge in [-0.1, -0.05) is 24.3 Å². The van der Waals surface area contributed by atoms with Gasteiger partial charge in [0.05, 0.1) is 22.6 Å². The molecule has 0 radical (unpaired) electrons. The van der Waals surface area contributed by atoms with Crippen LogP contribution in [0.5, 0.6) is 0 Å². The van der Waals surface area contributed by atoms with Gasteiger partial charge >= 0.3 is 5.97 Å². The molecule has 8 heteroatoms. The van der Waals surface area contributed by atoms with Crippen molar-refractivity contribution in [3.05, 3.63) is 54.1 Å². The standard InChI is InChI=1S/C18H16N4O4/c1-11(22-14-8-4-2-6-12(14)16(23)17(22)24)18(25)26-10-21-15-9-5-3-7-13(15)19-20-21/h2-9,11,19-20H,10H2,1H3/t11-/m1/s1. The fourth-order valence-electron chi connectivity index (χ4n) is 3.05. The van der Waals surface area contributed by atoms with Gasteiger partial charge in [0.2, 0.25) is 0 Å². The maximum atomic E-state index is 12.5. The van der Waals surface area contributed by atoms with E-state index in [0.717, 1.165) is 11.4 Å². The molecule has 2 N–H and O–H groups in total. The third kappa shape index (κ3) is 2.47. The molecule has 2 aliphatic heterocycles. The van der Waals surface area contributed by atoms with Crippen LogP contribution in [0.25, 0.3) is 0 Å². The number of Topliss-reactive ketones (excluding diaryl/α,β-unsaturated/α-hetero) is 1. The average molecular weight is 352 g/mol. The normalized spacial score (nSPS) is 16.2. The zero-order chi connectivity index (χ0) is 18.3. The molecule has 0 spiro atoms. The van der Waals surface area contributed by atoms with Crippen molar-refractivity contribution >= 4 is 34.7 Å². The van der Waals surface area contributed by atoms with Gasteiger partial charge in [0.25, 0.3) is 11.7 Å². The van der Waals surface area contributed by atoms with E-state index in [9.17, 15) is 14.4 Å². The number of nitrogens with zero attached hydrogens (tertiary/aromatic N) is 2. The first-order valence-electron chi connectivity index (χ1n) is 8.09. The summed E-state index contributed by atoms with van der Waals surface area (Å²) < 4.78 is 5.33. The first-order chi connectivity index (χ1) is 12.6. The Kier molecular flexibility index (Phi) is 3.81. The summed E-state index contributed by atoms with van der Waals surface area (Å²) in [5, 5.41) is 1.63. The Balaban J connectivity index is 1.46. The molecule has 0 saturated carbocycles. The summed E-state index contributed by atoms with van der Waals surface area (Å²) >= 11 is 0. The van der Waals surface area contributed by atoms with E-state index >= 15 is 0 Å². The second-order valence-electron chi connectivity index (χ2n) is 5.97. The molecule has 2 heterocycles. The van der Waals surface area contributed by atoms with Crippen molar-refractivity contribution in [1.29, 1.82) is 0 Å². The minimum Gasteiger partial charge on any atom is -0.441 e. The Bertz CT molecular complexity index is 914. The quantitative estimate of drug-likeness (QED) is 0.636. The Hall–Kier alpha value is -3.39. The number of hydrazine groups is 2. The van der Waals surface area contributed by atoms with Crippen LogP contribution >= 0.6 is 0 Å². The molecule has 0 aliphatic carbocycles. The Labute approximate surface area is 149 Å². The van der Waals surface area contributed by atoms with E-state index in [1.165, 1.54) is 4.90 Å². The zero-order valence-electron chi connectivity index (χ0n) is 13.9. The summed E-state index contributed by atoms with van der Waals surface area (Å²) in [6.45, 7) is 1.49. The third-order valence-corrected chi connectivity index (χ3v) is 4.41. The lowest BCUT2D eigenvalue weighted by Gasteiger charge is -2.24. The smallest absolute Gasteiger partial charge is 0.330 e. The van der Waals surface area contributed by atoms with Crippen molar-refractivity contribution in [1.82, 2.24) is 5.53 Å². The molecule has 2 aliphatic rings. The van der Waals surface area contributed by atoms with E-state index in [1.807, 2.05) is 24.3 Å². The topological polar surface area (TPSA) is 91.0 Å². The fourth-order valence-corrected chi connectivity index (χ4v) is 3.05. The number of ether oxygens (including phenoxy) is 1. The monoisotopic (exact) mass is 352 g/mol. The number of amides is 1. The molecule has 1 amide bonds. The molecule has 1 atom stereocenters. The van der Waals surface area contributed by atoms with Crippen LogP contribution < -0.4 is 20.9 Å². The summed E-state index contributed by atoms with van der Waals surface area (Å²) in [4.78, 5) is 38.0. The predicted molar refractivity (Wildman–Crippen MR) is 94.4 cm³/mol. The number of esters is 1. The lowest BCUT2D eigenvalue weighted by molar-refractivity contribution is -0.145. The molecule has 4 rings (SSSR count). The fraction of sp³-hybridized carbons (Fsp3) is 0.167. The van der Waals surface area contributed by atoms with Gasteiger partial charge in [-0.05, 0) is 31.2 Å². The van der Waals surface area contributed by atoms with Gasteiger partial charge in [-0.25, -0.2) is 4.79 Å². The van der Waals surface area contributed by atoms with Crippen LogP contribution in [0.2, 0.25) is 0 Å². The van der Waals surface area contributed by atoms with E-state index in [-0.39, 0.29) is 6.73 Å².